The number of fused-ring (bicyclic) bond motifs is 2. The number of aliphatic hydroxyl groups is 1. The molecule has 29 heavy (non-hydrogen) atoms. The minimum atomic E-state index is -1.07. The van der Waals surface area contributed by atoms with E-state index in [-0.39, 0.29) is 0 Å². The van der Waals surface area contributed by atoms with Gasteiger partial charge in [0, 0.05) is 58.4 Å². The highest BCUT2D eigenvalue weighted by molar-refractivity contribution is 5.92. The lowest BCUT2D eigenvalue weighted by Crippen LogP contribution is -2.06. The Hall–Kier alpha value is -3.97. The third kappa shape index (κ3) is 2.76. The molecular formula is C22H16N4O3. The number of hydrogen-bond acceptors (Lipinski definition) is 4. The van der Waals surface area contributed by atoms with Gasteiger partial charge in [-0.05, 0) is 29.8 Å². The number of aromatic amines is 1. The van der Waals surface area contributed by atoms with Crippen LogP contribution in [0, 0.1) is 0 Å². The van der Waals surface area contributed by atoms with Crippen LogP contribution in [0.2, 0.25) is 0 Å². The third-order valence-electron chi connectivity index (χ3n) is 5.12. The molecule has 0 saturated carbocycles. The number of nitrogens with one attached hydrogen (secondary N) is 1. The molecule has 142 valence electrons. The minimum absolute atomic E-state index is 0.531. The van der Waals surface area contributed by atoms with Crippen LogP contribution < -0.4 is 0 Å². The van der Waals surface area contributed by atoms with Gasteiger partial charge in [0.2, 0.25) is 0 Å². The van der Waals surface area contributed by atoms with E-state index in [4.69, 9.17) is 0 Å². The molecule has 7 heteroatoms. The predicted octanol–water partition coefficient (Wildman–Crippen LogP) is 4.19. The van der Waals surface area contributed by atoms with Crippen molar-refractivity contribution in [2.75, 3.05) is 0 Å². The first kappa shape index (κ1) is 17.2. The van der Waals surface area contributed by atoms with E-state index in [9.17, 15) is 15.0 Å². The quantitative estimate of drug-likeness (QED) is 0.433. The summed E-state index contributed by atoms with van der Waals surface area (Å²) >= 11 is 0. The van der Waals surface area contributed by atoms with Gasteiger partial charge in [0.1, 0.15) is 11.8 Å². The smallest absolute Gasteiger partial charge is 0.415 e. The SMILES string of the molecule is O=C(O)n1ccc2c(C(O)c3c[nH]c4ncc(-c5cccnc5)cc34)cccc21. The Balaban J connectivity index is 1.64. The van der Waals surface area contributed by atoms with Gasteiger partial charge >= 0.3 is 6.09 Å². The average molecular weight is 384 g/mol. The summed E-state index contributed by atoms with van der Waals surface area (Å²) in [6.07, 6.45) is 6.46. The molecule has 4 heterocycles. The summed E-state index contributed by atoms with van der Waals surface area (Å²) < 4.78 is 1.14. The molecule has 1 aromatic carbocycles. The first-order chi connectivity index (χ1) is 14.1. The molecule has 5 rings (SSSR count). The lowest BCUT2D eigenvalue weighted by Gasteiger charge is -2.12. The second-order valence-corrected chi connectivity index (χ2v) is 6.76. The summed E-state index contributed by atoms with van der Waals surface area (Å²) in [4.78, 5) is 23.1. The van der Waals surface area contributed by atoms with Gasteiger partial charge in [-0.3, -0.25) is 9.55 Å². The number of aliphatic hydroxyl groups excluding tert-OH is 1. The Bertz CT molecular complexity index is 1350. The Morgan fingerprint density at radius 3 is 2.72 bits per heavy atom. The summed E-state index contributed by atoms with van der Waals surface area (Å²) in [5.74, 6) is 0. The predicted molar refractivity (Wildman–Crippen MR) is 109 cm³/mol. The van der Waals surface area contributed by atoms with Crippen molar-refractivity contribution in [1.82, 2.24) is 19.5 Å². The van der Waals surface area contributed by atoms with Gasteiger partial charge in [-0.15, -0.1) is 0 Å². The largest absolute Gasteiger partial charge is 0.464 e. The molecule has 0 aliphatic heterocycles. The number of rotatable bonds is 3. The number of benzene rings is 1. The van der Waals surface area contributed by atoms with Crippen molar-refractivity contribution in [3.05, 3.63) is 84.6 Å². The Kier molecular flexibility index (Phi) is 3.89. The van der Waals surface area contributed by atoms with E-state index in [1.807, 2.05) is 18.2 Å². The van der Waals surface area contributed by atoms with Gasteiger partial charge in [0.25, 0.3) is 0 Å². The lowest BCUT2D eigenvalue weighted by atomic mass is 9.97. The van der Waals surface area contributed by atoms with Crippen LogP contribution in [0.5, 0.6) is 0 Å². The second-order valence-electron chi connectivity index (χ2n) is 6.76. The zero-order valence-corrected chi connectivity index (χ0v) is 15.1. The van der Waals surface area contributed by atoms with Crippen LogP contribution in [0.4, 0.5) is 4.79 Å². The van der Waals surface area contributed by atoms with E-state index in [0.717, 1.165) is 21.1 Å². The second kappa shape index (κ2) is 6.57. The number of carboxylic acid groups (broad SMARTS) is 1. The van der Waals surface area contributed by atoms with Gasteiger partial charge in [-0.1, -0.05) is 18.2 Å². The van der Waals surface area contributed by atoms with Crippen molar-refractivity contribution in [3.63, 3.8) is 0 Å². The van der Waals surface area contributed by atoms with E-state index in [2.05, 4.69) is 15.0 Å². The van der Waals surface area contributed by atoms with E-state index in [1.165, 1.54) is 6.20 Å². The first-order valence-electron chi connectivity index (χ1n) is 9.02. The molecule has 0 aliphatic carbocycles. The monoisotopic (exact) mass is 384 g/mol. The Labute approximate surface area is 164 Å². The Morgan fingerprint density at radius 1 is 1.03 bits per heavy atom. The van der Waals surface area contributed by atoms with E-state index >= 15 is 0 Å². The molecule has 0 radical (unpaired) electrons. The van der Waals surface area contributed by atoms with E-state index in [1.54, 1.807) is 49.1 Å². The zero-order valence-electron chi connectivity index (χ0n) is 15.1. The third-order valence-corrected chi connectivity index (χ3v) is 5.12. The summed E-state index contributed by atoms with van der Waals surface area (Å²) in [6.45, 7) is 0. The summed E-state index contributed by atoms with van der Waals surface area (Å²) in [6, 6.07) is 12.8. The van der Waals surface area contributed by atoms with Crippen LogP contribution in [0.3, 0.4) is 0 Å². The molecule has 0 aliphatic rings. The molecule has 0 fully saturated rings. The van der Waals surface area contributed by atoms with Crippen molar-refractivity contribution >= 4 is 28.0 Å². The molecule has 0 spiro atoms. The number of nitrogens with zero attached hydrogens (tertiary/aromatic N) is 3. The molecule has 1 atom stereocenters. The number of pyridine rings is 2. The Morgan fingerprint density at radius 2 is 1.93 bits per heavy atom. The van der Waals surface area contributed by atoms with Crippen molar-refractivity contribution in [2.45, 2.75) is 6.10 Å². The van der Waals surface area contributed by atoms with Crippen LogP contribution in [-0.2, 0) is 0 Å². The molecule has 0 bridgehead atoms. The van der Waals surface area contributed by atoms with Crippen molar-refractivity contribution in [2.24, 2.45) is 0 Å². The molecular weight excluding hydrogens is 368 g/mol. The average Bonchev–Trinajstić information content (AvgIpc) is 3.37. The highest BCUT2D eigenvalue weighted by Gasteiger charge is 2.20. The van der Waals surface area contributed by atoms with Crippen LogP contribution in [0.25, 0.3) is 33.1 Å². The van der Waals surface area contributed by atoms with Gasteiger partial charge < -0.3 is 15.2 Å². The van der Waals surface area contributed by atoms with Crippen LogP contribution in [0.1, 0.15) is 17.2 Å². The highest BCUT2D eigenvalue weighted by Crippen LogP contribution is 2.34. The lowest BCUT2D eigenvalue weighted by molar-refractivity contribution is 0.197. The van der Waals surface area contributed by atoms with Gasteiger partial charge in [0.15, 0.2) is 0 Å². The number of aromatic nitrogens is 4. The topological polar surface area (TPSA) is 104 Å². The van der Waals surface area contributed by atoms with Crippen molar-refractivity contribution in [3.8, 4) is 11.1 Å². The fourth-order valence-corrected chi connectivity index (χ4v) is 3.71. The van der Waals surface area contributed by atoms with Crippen LogP contribution in [0.15, 0.2) is 73.4 Å². The molecule has 1 unspecified atom stereocenters. The summed E-state index contributed by atoms with van der Waals surface area (Å²) in [5, 5.41) is 22.0. The van der Waals surface area contributed by atoms with Gasteiger partial charge in [-0.2, -0.15) is 0 Å². The zero-order chi connectivity index (χ0) is 20.0. The maximum absolute atomic E-state index is 11.4. The molecule has 5 aromatic rings. The number of H-pyrrole nitrogens is 1. The number of hydrogen-bond donors (Lipinski definition) is 3. The summed E-state index contributed by atoms with van der Waals surface area (Å²) in [5.41, 5.74) is 4.34. The summed E-state index contributed by atoms with van der Waals surface area (Å²) in [7, 11) is 0. The number of carbonyl (C=O) groups is 1. The first-order valence-corrected chi connectivity index (χ1v) is 9.02. The maximum Gasteiger partial charge on any atom is 0.415 e. The fraction of sp³-hybridized carbons (Fsp3) is 0.0455. The molecule has 0 amide bonds. The van der Waals surface area contributed by atoms with Crippen LogP contribution in [-0.4, -0.2) is 35.8 Å². The normalized spacial score (nSPS) is 12.4. The van der Waals surface area contributed by atoms with Crippen LogP contribution >= 0.6 is 0 Å². The highest BCUT2D eigenvalue weighted by atomic mass is 16.4. The van der Waals surface area contributed by atoms with E-state index < -0.39 is 12.2 Å². The standard InChI is InChI=1S/C22H16N4O3/c27-20(16-4-1-5-19-15(16)6-8-26(19)22(28)29)18-12-25-21-17(18)9-14(11-24-21)13-3-2-7-23-10-13/h1-12,20,27H,(H,24,25)(H,28,29). The maximum atomic E-state index is 11.4. The minimum Gasteiger partial charge on any atom is -0.464 e. The van der Waals surface area contributed by atoms with Crippen molar-refractivity contribution in [1.29, 1.82) is 0 Å². The molecule has 4 aromatic heterocycles. The molecule has 7 nitrogen and oxygen atoms in total. The van der Waals surface area contributed by atoms with Gasteiger partial charge in [0.05, 0.1) is 5.52 Å². The fourth-order valence-electron chi connectivity index (χ4n) is 3.71. The van der Waals surface area contributed by atoms with Crippen molar-refractivity contribution < 1.29 is 15.0 Å². The molecule has 3 N–H and O–H groups in total. The van der Waals surface area contributed by atoms with E-state index in [0.29, 0.717) is 27.7 Å². The van der Waals surface area contributed by atoms with Gasteiger partial charge in [-0.25, -0.2) is 9.78 Å². The molecule has 0 saturated heterocycles.